The summed E-state index contributed by atoms with van der Waals surface area (Å²) >= 11 is 0. The van der Waals surface area contributed by atoms with Crippen LogP contribution in [-0.2, 0) is 9.53 Å². The highest BCUT2D eigenvalue weighted by atomic mass is 16.5. The summed E-state index contributed by atoms with van der Waals surface area (Å²) in [5, 5.41) is 14.0. The molecule has 0 heterocycles. The number of hydrogen-bond acceptors (Lipinski definition) is 4. The highest BCUT2D eigenvalue weighted by Crippen LogP contribution is 2.23. The van der Waals surface area contributed by atoms with Crippen molar-refractivity contribution in [2.75, 3.05) is 39.3 Å². The number of nitriles is 1. The van der Waals surface area contributed by atoms with Crippen LogP contribution in [0.3, 0.4) is 0 Å². The maximum absolute atomic E-state index is 12.0. The Morgan fingerprint density at radius 1 is 1.25 bits per heavy atom. The minimum absolute atomic E-state index is 0.0790. The lowest BCUT2D eigenvalue weighted by atomic mass is 10.0. The van der Waals surface area contributed by atoms with E-state index in [1.54, 1.807) is 13.2 Å². The van der Waals surface area contributed by atoms with Crippen LogP contribution in [0.2, 0.25) is 0 Å². The average Bonchev–Trinajstić information content (AvgIpc) is 2.59. The molecule has 0 saturated heterocycles. The Balaban J connectivity index is 2.25. The Bertz CT molecular complexity index is 804. The fourth-order valence-electron chi connectivity index (χ4n) is 2.30. The summed E-state index contributed by atoms with van der Waals surface area (Å²) < 4.78 is 4.88. The predicted molar refractivity (Wildman–Crippen MR) is 96.8 cm³/mol. The molecule has 124 valence electrons. The van der Waals surface area contributed by atoms with E-state index in [1.165, 1.54) is 0 Å². The van der Waals surface area contributed by atoms with Crippen molar-refractivity contribution < 1.29 is 9.53 Å². The number of benzene rings is 2. The molecule has 5 nitrogen and oxygen atoms in total. The SMILES string of the molecule is COCCNC(=O)/C(C#N)=C/c1ccc2cc(N(C)C)ccc2c1. The van der Waals surface area contributed by atoms with Gasteiger partial charge in [0.1, 0.15) is 11.6 Å². The number of carbonyl (C=O) groups excluding carboxylic acids is 1. The number of rotatable bonds is 6. The van der Waals surface area contributed by atoms with Crippen LogP contribution in [0.1, 0.15) is 5.56 Å². The normalized spacial score (nSPS) is 11.2. The first-order valence-corrected chi connectivity index (χ1v) is 7.65. The Morgan fingerprint density at radius 2 is 1.96 bits per heavy atom. The van der Waals surface area contributed by atoms with Gasteiger partial charge in [-0.3, -0.25) is 4.79 Å². The Morgan fingerprint density at radius 3 is 2.62 bits per heavy atom. The summed E-state index contributed by atoms with van der Waals surface area (Å²) in [7, 11) is 5.56. The van der Waals surface area contributed by atoms with Crippen molar-refractivity contribution >= 4 is 28.4 Å². The highest BCUT2D eigenvalue weighted by Gasteiger charge is 2.08. The molecule has 0 atom stereocenters. The number of hydrogen-bond donors (Lipinski definition) is 1. The van der Waals surface area contributed by atoms with Gasteiger partial charge in [-0.1, -0.05) is 18.2 Å². The molecule has 0 aliphatic rings. The van der Waals surface area contributed by atoms with Crippen molar-refractivity contribution in [1.29, 1.82) is 5.26 Å². The van der Waals surface area contributed by atoms with Crippen LogP contribution in [0.5, 0.6) is 0 Å². The van der Waals surface area contributed by atoms with Gasteiger partial charge in [-0.2, -0.15) is 5.26 Å². The van der Waals surface area contributed by atoms with Gasteiger partial charge >= 0.3 is 0 Å². The Hall–Kier alpha value is -2.84. The molecule has 0 aliphatic carbocycles. The van der Waals surface area contributed by atoms with E-state index in [1.807, 2.05) is 55.4 Å². The van der Waals surface area contributed by atoms with Crippen LogP contribution in [0.15, 0.2) is 42.0 Å². The van der Waals surface area contributed by atoms with E-state index in [-0.39, 0.29) is 5.57 Å². The smallest absolute Gasteiger partial charge is 0.262 e. The number of fused-ring (bicyclic) bond motifs is 1. The van der Waals surface area contributed by atoms with Gasteiger partial charge in [-0.15, -0.1) is 0 Å². The molecule has 5 heteroatoms. The molecule has 0 bridgehead atoms. The van der Waals surface area contributed by atoms with Crippen molar-refractivity contribution in [2.45, 2.75) is 0 Å². The molecule has 1 N–H and O–H groups in total. The molecule has 0 radical (unpaired) electrons. The zero-order valence-electron chi connectivity index (χ0n) is 14.2. The molecule has 0 aliphatic heterocycles. The van der Waals surface area contributed by atoms with E-state index >= 15 is 0 Å². The number of anilines is 1. The monoisotopic (exact) mass is 323 g/mol. The Labute approximate surface area is 142 Å². The lowest BCUT2D eigenvalue weighted by molar-refractivity contribution is -0.117. The molecular formula is C19H21N3O2. The fourth-order valence-corrected chi connectivity index (χ4v) is 2.30. The average molecular weight is 323 g/mol. The van der Waals surface area contributed by atoms with E-state index in [2.05, 4.69) is 11.4 Å². The van der Waals surface area contributed by atoms with Gasteiger partial charge in [-0.25, -0.2) is 0 Å². The maximum atomic E-state index is 12.0. The molecule has 1 amide bonds. The van der Waals surface area contributed by atoms with Crippen LogP contribution >= 0.6 is 0 Å². The first-order valence-electron chi connectivity index (χ1n) is 7.65. The standard InChI is InChI=1S/C19H21N3O2/c1-22(2)18-7-6-15-10-14(4-5-16(15)12-18)11-17(13-20)19(23)21-8-9-24-3/h4-7,10-12H,8-9H2,1-3H3,(H,21,23)/b17-11+. The van der Waals surface area contributed by atoms with E-state index < -0.39 is 5.91 Å². The van der Waals surface area contributed by atoms with E-state index in [0.29, 0.717) is 13.2 Å². The first kappa shape index (κ1) is 17.5. The molecule has 0 unspecified atom stereocenters. The van der Waals surface area contributed by atoms with Gasteiger partial charge in [0.05, 0.1) is 6.61 Å². The van der Waals surface area contributed by atoms with Crippen LogP contribution < -0.4 is 10.2 Å². The Kier molecular flexibility index (Phi) is 5.94. The van der Waals surface area contributed by atoms with Crippen molar-refractivity contribution in [1.82, 2.24) is 5.32 Å². The van der Waals surface area contributed by atoms with Crippen LogP contribution in [0, 0.1) is 11.3 Å². The van der Waals surface area contributed by atoms with E-state index in [4.69, 9.17) is 4.74 Å². The molecule has 2 rings (SSSR count). The fraction of sp³-hybridized carbons (Fsp3) is 0.263. The summed E-state index contributed by atoms with van der Waals surface area (Å²) in [5.41, 5.74) is 2.02. The first-order chi connectivity index (χ1) is 11.5. The highest BCUT2D eigenvalue weighted by molar-refractivity contribution is 6.02. The van der Waals surface area contributed by atoms with Gasteiger partial charge in [-0.05, 0) is 40.6 Å². The molecule has 2 aromatic rings. The van der Waals surface area contributed by atoms with Gasteiger partial charge in [0.25, 0.3) is 5.91 Å². The third-order valence-corrected chi connectivity index (χ3v) is 3.63. The van der Waals surface area contributed by atoms with E-state index in [0.717, 1.165) is 22.0 Å². The topological polar surface area (TPSA) is 65.4 Å². The molecule has 0 fully saturated rings. The van der Waals surface area contributed by atoms with Gasteiger partial charge in [0.15, 0.2) is 0 Å². The van der Waals surface area contributed by atoms with Gasteiger partial charge in [0.2, 0.25) is 0 Å². The third kappa shape index (κ3) is 4.34. The lowest BCUT2D eigenvalue weighted by Gasteiger charge is -2.13. The molecule has 0 aromatic heterocycles. The molecule has 24 heavy (non-hydrogen) atoms. The quantitative estimate of drug-likeness (QED) is 0.504. The number of amides is 1. The minimum atomic E-state index is -0.391. The minimum Gasteiger partial charge on any atom is -0.383 e. The van der Waals surface area contributed by atoms with Crippen molar-refractivity contribution in [3.05, 3.63) is 47.5 Å². The second-order valence-corrected chi connectivity index (χ2v) is 5.60. The second-order valence-electron chi connectivity index (χ2n) is 5.60. The third-order valence-electron chi connectivity index (χ3n) is 3.63. The number of carbonyl (C=O) groups is 1. The maximum Gasteiger partial charge on any atom is 0.262 e. The van der Waals surface area contributed by atoms with Crippen LogP contribution in [-0.4, -0.2) is 40.3 Å². The zero-order valence-corrected chi connectivity index (χ0v) is 14.2. The number of methoxy groups -OCH3 is 1. The summed E-state index contributed by atoms with van der Waals surface area (Å²) in [4.78, 5) is 14.0. The number of nitrogens with zero attached hydrogens (tertiary/aromatic N) is 2. The van der Waals surface area contributed by atoms with Crippen LogP contribution in [0.4, 0.5) is 5.69 Å². The van der Waals surface area contributed by atoms with E-state index in [9.17, 15) is 10.1 Å². The van der Waals surface area contributed by atoms with Crippen molar-refractivity contribution in [3.8, 4) is 6.07 Å². The van der Waals surface area contributed by atoms with Crippen LogP contribution in [0.25, 0.3) is 16.8 Å². The number of ether oxygens (including phenoxy) is 1. The summed E-state index contributed by atoms with van der Waals surface area (Å²) in [6.07, 6.45) is 1.60. The van der Waals surface area contributed by atoms with Crippen molar-refractivity contribution in [3.63, 3.8) is 0 Å². The lowest BCUT2D eigenvalue weighted by Crippen LogP contribution is -2.27. The summed E-state index contributed by atoms with van der Waals surface area (Å²) in [6.45, 7) is 0.786. The molecular weight excluding hydrogens is 302 g/mol. The second kappa shape index (κ2) is 8.14. The summed E-state index contributed by atoms with van der Waals surface area (Å²) in [5.74, 6) is -0.391. The largest absolute Gasteiger partial charge is 0.383 e. The molecule has 0 spiro atoms. The van der Waals surface area contributed by atoms with Gasteiger partial charge < -0.3 is 15.0 Å². The molecule has 0 saturated carbocycles. The molecule has 2 aromatic carbocycles. The van der Waals surface area contributed by atoms with Crippen molar-refractivity contribution in [2.24, 2.45) is 0 Å². The number of nitrogens with one attached hydrogen (secondary N) is 1. The van der Waals surface area contributed by atoms with Gasteiger partial charge in [0, 0.05) is 33.4 Å². The zero-order chi connectivity index (χ0) is 17.5. The predicted octanol–water partition coefficient (Wildman–Crippen LogP) is 2.58. The summed E-state index contributed by atoms with van der Waals surface area (Å²) in [6, 6.07) is 14.0.